The Balaban J connectivity index is 1.88. The summed E-state index contributed by atoms with van der Waals surface area (Å²) in [7, 11) is 0. The van der Waals surface area contributed by atoms with Crippen LogP contribution in [0.2, 0.25) is 0 Å². The SMILES string of the molecule is Cc1nc2ccc(C(N)C3CNCCO3)cc2o1. The Labute approximate surface area is 105 Å². The molecule has 2 aromatic rings. The first-order chi connectivity index (χ1) is 8.74. The van der Waals surface area contributed by atoms with Crippen LogP contribution in [0.25, 0.3) is 11.1 Å². The van der Waals surface area contributed by atoms with Crippen molar-refractivity contribution in [3.63, 3.8) is 0 Å². The maximum Gasteiger partial charge on any atom is 0.192 e. The molecule has 0 amide bonds. The molecular formula is C13H17N3O2. The van der Waals surface area contributed by atoms with E-state index in [2.05, 4.69) is 10.3 Å². The number of fused-ring (bicyclic) bond motifs is 1. The molecule has 1 fully saturated rings. The summed E-state index contributed by atoms with van der Waals surface area (Å²) in [5, 5.41) is 3.29. The van der Waals surface area contributed by atoms with E-state index in [1.807, 2.05) is 25.1 Å². The monoisotopic (exact) mass is 247 g/mol. The first kappa shape index (κ1) is 11.6. The lowest BCUT2D eigenvalue weighted by molar-refractivity contribution is 0.0122. The van der Waals surface area contributed by atoms with Gasteiger partial charge >= 0.3 is 0 Å². The average Bonchev–Trinajstić information content (AvgIpc) is 2.78. The zero-order chi connectivity index (χ0) is 12.5. The summed E-state index contributed by atoms with van der Waals surface area (Å²) >= 11 is 0. The summed E-state index contributed by atoms with van der Waals surface area (Å²) in [6, 6.07) is 5.75. The molecule has 1 saturated heterocycles. The van der Waals surface area contributed by atoms with E-state index < -0.39 is 0 Å². The topological polar surface area (TPSA) is 73.3 Å². The third-order valence-corrected chi connectivity index (χ3v) is 3.26. The van der Waals surface area contributed by atoms with Gasteiger partial charge in [-0.05, 0) is 17.7 Å². The molecule has 3 rings (SSSR count). The lowest BCUT2D eigenvalue weighted by Gasteiger charge is -2.28. The van der Waals surface area contributed by atoms with E-state index in [1.165, 1.54) is 0 Å². The summed E-state index contributed by atoms with van der Waals surface area (Å²) in [6.45, 7) is 4.23. The summed E-state index contributed by atoms with van der Waals surface area (Å²) in [5.41, 5.74) is 8.91. The highest BCUT2D eigenvalue weighted by Crippen LogP contribution is 2.23. The Bertz CT molecular complexity index is 546. The number of benzene rings is 1. The van der Waals surface area contributed by atoms with Crippen molar-refractivity contribution < 1.29 is 9.15 Å². The van der Waals surface area contributed by atoms with Crippen LogP contribution in [-0.4, -0.2) is 30.8 Å². The summed E-state index contributed by atoms with van der Waals surface area (Å²) in [4.78, 5) is 4.28. The van der Waals surface area contributed by atoms with E-state index in [-0.39, 0.29) is 12.1 Å². The van der Waals surface area contributed by atoms with Gasteiger partial charge in [0.25, 0.3) is 0 Å². The number of nitrogens with one attached hydrogen (secondary N) is 1. The van der Waals surface area contributed by atoms with Crippen LogP contribution in [0.5, 0.6) is 0 Å². The van der Waals surface area contributed by atoms with Gasteiger partial charge in [-0.25, -0.2) is 4.98 Å². The molecule has 0 saturated carbocycles. The number of nitrogens with two attached hydrogens (primary N) is 1. The van der Waals surface area contributed by atoms with Gasteiger partial charge in [0.1, 0.15) is 5.52 Å². The Morgan fingerprint density at radius 3 is 3.17 bits per heavy atom. The molecule has 5 heteroatoms. The van der Waals surface area contributed by atoms with Crippen molar-refractivity contribution >= 4 is 11.1 Å². The van der Waals surface area contributed by atoms with Crippen LogP contribution in [0, 0.1) is 6.92 Å². The highest BCUT2D eigenvalue weighted by atomic mass is 16.5. The molecule has 1 aliphatic rings. The number of aromatic nitrogens is 1. The van der Waals surface area contributed by atoms with Gasteiger partial charge in [-0.2, -0.15) is 0 Å². The fourth-order valence-electron chi connectivity index (χ4n) is 2.29. The van der Waals surface area contributed by atoms with Gasteiger partial charge in [0.2, 0.25) is 0 Å². The van der Waals surface area contributed by atoms with Crippen molar-refractivity contribution in [2.75, 3.05) is 19.7 Å². The first-order valence-electron chi connectivity index (χ1n) is 6.19. The van der Waals surface area contributed by atoms with Gasteiger partial charge in [0.05, 0.1) is 18.8 Å². The molecule has 0 aliphatic carbocycles. The third kappa shape index (κ3) is 2.12. The molecule has 2 atom stereocenters. The molecule has 0 bridgehead atoms. The second-order valence-electron chi connectivity index (χ2n) is 4.60. The maximum absolute atomic E-state index is 6.24. The number of ether oxygens (including phenoxy) is 1. The van der Waals surface area contributed by atoms with E-state index in [4.69, 9.17) is 14.9 Å². The molecule has 2 heterocycles. The Kier molecular flexibility index (Phi) is 3.03. The first-order valence-corrected chi connectivity index (χ1v) is 6.19. The van der Waals surface area contributed by atoms with Gasteiger partial charge < -0.3 is 20.2 Å². The zero-order valence-corrected chi connectivity index (χ0v) is 10.3. The minimum absolute atomic E-state index is 0.0141. The molecule has 18 heavy (non-hydrogen) atoms. The van der Waals surface area contributed by atoms with Crippen molar-refractivity contribution in [1.82, 2.24) is 10.3 Å². The van der Waals surface area contributed by atoms with Crippen molar-refractivity contribution in [1.29, 1.82) is 0 Å². The second-order valence-corrected chi connectivity index (χ2v) is 4.60. The third-order valence-electron chi connectivity index (χ3n) is 3.26. The summed E-state index contributed by atoms with van der Waals surface area (Å²) in [5.74, 6) is 0.673. The number of morpholine rings is 1. The van der Waals surface area contributed by atoms with Crippen molar-refractivity contribution in [3.05, 3.63) is 29.7 Å². The number of oxazole rings is 1. The van der Waals surface area contributed by atoms with Crippen LogP contribution in [0.4, 0.5) is 0 Å². The molecule has 2 unspecified atom stereocenters. The molecule has 0 radical (unpaired) electrons. The van der Waals surface area contributed by atoms with Crippen LogP contribution in [0.1, 0.15) is 17.5 Å². The van der Waals surface area contributed by atoms with Gasteiger partial charge in [-0.3, -0.25) is 0 Å². The van der Waals surface area contributed by atoms with E-state index in [0.29, 0.717) is 12.5 Å². The van der Waals surface area contributed by atoms with E-state index in [0.717, 1.165) is 29.8 Å². The minimum atomic E-state index is -0.146. The van der Waals surface area contributed by atoms with Crippen LogP contribution in [-0.2, 0) is 4.74 Å². The van der Waals surface area contributed by atoms with Crippen molar-refractivity contribution in [2.24, 2.45) is 5.73 Å². The second kappa shape index (κ2) is 4.68. The van der Waals surface area contributed by atoms with Gasteiger partial charge in [-0.15, -0.1) is 0 Å². The van der Waals surface area contributed by atoms with Crippen LogP contribution >= 0.6 is 0 Å². The molecule has 3 N–H and O–H groups in total. The molecule has 96 valence electrons. The van der Waals surface area contributed by atoms with E-state index >= 15 is 0 Å². The maximum atomic E-state index is 6.24. The summed E-state index contributed by atoms with van der Waals surface area (Å²) < 4.78 is 11.2. The highest BCUT2D eigenvalue weighted by Gasteiger charge is 2.23. The lowest BCUT2D eigenvalue weighted by atomic mass is 10.0. The standard InChI is InChI=1S/C13H17N3O2/c1-8-16-10-3-2-9(6-11(10)18-8)13(14)12-7-15-4-5-17-12/h2-3,6,12-13,15H,4-5,7,14H2,1H3. The average molecular weight is 247 g/mol. The quantitative estimate of drug-likeness (QED) is 0.832. The molecule has 1 aromatic carbocycles. The molecule has 5 nitrogen and oxygen atoms in total. The fraction of sp³-hybridized carbons (Fsp3) is 0.462. The van der Waals surface area contributed by atoms with Gasteiger partial charge in [0.15, 0.2) is 11.5 Å². The highest BCUT2D eigenvalue weighted by molar-refractivity contribution is 5.73. The minimum Gasteiger partial charge on any atom is -0.441 e. The van der Waals surface area contributed by atoms with E-state index in [9.17, 15) is 0 Å². The number of hydrogen-bond donors (Lipinski definition) is 2. The molecule has 1 aliphatic heterocycles. The number of hydrogen-bond acceptors (Lipinski definition) is 5. The predicted octanol–water partition coefficient (Wildman–Crippen LogP) is 1.12. The van der Waals surface area contributed by atoms with Gasteiger partial charge in [0, 0.05) is 20.0 Å². The Morgan fingerprint density at radius 1 is 1.50 bits per heavy atom. The lowest BCUT2D eigenvalue weighted by Crippen LogP contribution is -2.44. The van der Waals surface area contributed by atoms with Crippen molar-refractivity contribution in [3.8, 4) is 0 Å². The largest absolute Gasteiger partial charge is 0.441 e. The van der Waals surface area contributed by atoms with Gasteiger partial charge in [-0.1, -0.05) is 6.07 Å². The van der Waals surface area contributed by atoms with Crippen LogP contribution in [0.15, 0.2) is 22.6 Å². The van der Waals surface area contributed by atoms with Crippen molar-refractivity contribution in [2.45, 2.75) is 19.1 Å². The molecule has 1 aromatic heterocycles. The van der Waals surface area contributed by atoms with Crippen LogP contribution in [0.3, 0.4) is 0 Å². The normalized spacial score (nSPS) is 22.2. The van der Waals surface area contributed by atoms with E-state index in [1.54, 1.807) is 0 Å². The smallest absolute Gasteiger partial charge is 0.192 e. The summed E-state index contributed by atoms with van der Waals surface area (Å²) in [6.07, 6.45) is 0.0141. The number of aryl methyl sites for hydroxylation is 1. The number of rotatable bonds is 2. The Morgan fingerprint density at radius 2 is 2.39 bits per heavy atom. The Hall–Kier alpha value is -1.43. The fourth-order valence-corrected chi connectivity index (χ4v) is 2.29. The predicted molar refractivity (Wildman–Crippen MR) is 68.3 cm³/mol. The molecule has 0 spiro atoms. The number of nitrogens with zero attached hydrogens (tertiary/aromatic N) is 1. The molecular weight excluding hydrogens is 230 g/mol. The zero-order valence-electron chi connectivity index (χ0n) is 10.3. The van der Waals surface area contributed by atoms with Crippen LogP contribution < -0.4 is 11.1 Å².